The van der Waals surface area contributed by atoms with Crippen molar-refractivity contribution >= 4 is 48.5 Å². The van der Waals surface area contributed by atoms with E-state index in [9.17, 15) is 4.79 Å². The van der Waals surface area contributed by atoms with Gasteiger partial charge in [0.05, 0.1) is 28.7 Å². The molecule has 25 heavy (non-hydrogen) atoms. The molecule has 4 aromatic rings. The minimum absolute atomic E-state index is 0.242. The molecule has 124 valence electrons. The van der Waals surface area contributed by atoms with Crippen LogP contribution in [-0.2, 0) is 6.54 Å². The van der Waals surface area contributed by atoms with E-state index in [-0.39, 0.29) is 11.7 Å². The third kappa shape index (κ3) is 3.33. The van der Waals surface area contributed by atoms with Crippen LogP contribution in [0, 0.1) is 0 Å². The lowest BCUT2D eigenvalue weighted by Crippen LogP contribution is -2.30. The highest BCUT2D eigenvalue weighted by Crippen LogP contribution is 2.32. The van der Waals surface area contributed by atoms with Crippen LogP contribution in [0.5, 0.6) is 0 Å². The van der Waals surface area contributed by atoms with Crippen molar-refractivity contribution in [3.63, 3.8) is 0 Å². The van der Waals surface area contributed by atoms with Gasteiger partial charge in [0.15, 0.2) is 10.9 Å². The monoisotopic (exact) mass is 413 g/mol. The molecule has 4 rings (SSSR count). The smallest absolute Gasteiger partial charge is 0.296 e. The molecule has 1 amide bonds. The predicted molar refractivity (Wildman–Crippen MR) is 101 cm³/mol. The third-order valence-corrected chi connectivity index (χ3v) is 5.13. The van der Waals surface area contributed by atoms with E-state index in [2.05, 4.69) is 25.9 Å². The molecule has 0 bridgehead atoms. The summed E-state index contributed by atoms with van der Waals surface area (Å²) in [6, 6.07) is 14.8. The van der Waals surface area contributed by atoms with Crippen LogP contribution in [0.1, 0.15) is 16.2 Å². The molecule has 0 saturated carbocycles. The van der Waals surface area contributed by atoms with E-state index in [4.69, 9.17) is 4.42 Å². The maximum atomic E-state index is 12.9. The number of fused-ring (bicyclic) bond motifs is 1. The second-order valence-electron chi connectivity index (χ2n) is 5.30. The molecule has 0 fully saturated rings. The number of nitrogens with zero attached hydrogens (tertiary/aromatic N) is 3. The summed E-state index contributed by atoms with van der Waals surface area (Å²) in [4.78, 5) is 23.4. The summed E-state index contributed by atoms with van der Waals surface area (Å²) < 4.78 is 7.26. The van der Waals surface area contributed by atoms with Crippen LogP contribution in [0.15, 0.2) is 69.9 Å². The molecule has 1 aromatic carbocycles. The summed E-state index contributed by atoms with van der Waals surface area (Å²) in [7, 11) is 0. The Morgan fingerprint density at radius 1 is 1.20 bits per heavy atom. The quantitative estimate of drug-likeness (QED) is 0.477. The standard InChI is InChI=1S/C18H12BrN3O2S/c19-12-6-7-14-16(10-12)25-18(21-14)22(11-13-4-1-2-8-20-13)17(23)15-5-3-9-24-15/h1-10H,11H2. The molecule has 3 aromatic heterocycles. The van der Waals surface area contributed by atoms with Crippen molar-refractivity contribution in [2.75, 3.05) is 4.90 Å². The molecule has 7 heteroatoms. The zero-order chi connectivity index (χ0) is 17.2. The zero-order valence-electron chi connectivity index (χ0n) is 12.9. The zero-order valence-corrected chi connectivity index (χ0v) is 15.3. The Morgan fingerprint density at radius 2 is 2.12 bits per heavy atom. The molecule has 0 aliphatic heterocycles. The van der Waals surface area contributed by atoms with Gasteiger partial charge in [0.25, 0.3) is 5.91 Å². The van der Waals surface area contributed by atoms with Crippen LogP contribution in [-0.4, -0.2) is 15.9 Å². The van der Waals surface area contributed by atoms with Crippen molar-refractivity contribution in [1.29, 1.82) is 0 Å². The van der Waals surface area contributed by atoms with Gasteiger partial charge in [0, 0.05) is 10.7 Å². The Labute approximate surface area is 156 Å². The van der Waals surface area contributed by atoms with E-state index in [0.717, 1.165) is 20.4 Å². The fourth-order valence-electron chi connectivity index (χ4n) is 2.41. The number of anilines is 1. The number of pyridine rings is 1. The molecule has 0 aliphatic carbocycles. The van der Waals surface area contributed by atoms with Gasteiger partial charge in [-0.3, -0.25) is 14.7 Å². The molecular weight excluding hydrogens is 402 g/mol. The van der Waals surface area contributed by atoms with E-state index >= 15 is 0 Å². The minimum Gasteiger partial charge on any atom is -0.459 e. The molecule has 0 atom stereocenters. The van der Waals surface area contributed by atoms with Crippen molar-refractivity contribution < 1.29 is 9.21 Å². The van der Waals surface area contributed by atoms with E-state index < -0.39 is 0 Å². The van der Waals surface area contributed by atoms with Crippen LogP contribution < -0.4 is 4.90 Å². The minimum atomic E-state index is -0.242. The van der Waals surface area contributed by atoms with Gasteiger partial charge >= 0.3 is 0 Å². The predicted octanol–water partition coefficient (Wildman–Crippen LogP) is 4.89. The Bertz CT molecular complexity index is 1020. The first kappa shape index (κ1) is 16.0. The second-order valence-corrected chi connectivity index (χ2v) is 7.22. The van der Waals surface area contributed by atoms with Crippen LogP contribution in [0.2, 0.25) is 0 Å². The topological polar surface area (TPSA) is 59.2 Å². The summed E-state index contributed by atoms with van der Waals surface area (Å²) >= 11 is 4.93. The number of rotatable bonds is 4. The van der Waals surface area contributed by atoms with E-state index in [1.165, 1.54) is 17.6 Å². The first-order chi connectivity index (χ1) is 12.2. The van der Waals surface area contributed by atoms with Gasteiger partial charge in [-0.2, -0.15) is 0 Å². The summed E-state index contributed by atoms with van der Waals surface area (Å²) in [6.07, 6.45) is 3.20. The number of carbonyl (C=O) groups is 1. The molecule has 0 aliphatic rings. The summed E-state index contributed by atoms with van der Waals surface area (Å²) in [5, 5.41) is 0.611. The normalized spacial score (nSPS) is 10.9. The molecule has 0 saturated heterocycles. The fourth-order valence-corrected chi connectivity index (χ4v) is 3.93. The Balaban J connectivity index is 1.76. The van der Waals surface area contributed by atoms with Gasteiger partial charge in [0.1, 0.15) is 0 Å². The molecular formula is C18H12BrN3O2S. The van der Waals surface area contributed by atoms with E-state index in [1.807, 2.05) is 36.4 Å². The van der Waals surface area contributed by atoms with Gasteiger partial charge in [-0.15, -0.1) is 0 Å². The number of thiazole rings is 1. The Hall–Kier alpha value is -2.51. The lowest BCUT2D eigenvalue weighted by Gasteiger charge is -2.18. The lowest BCUT2D eigenvalue weighted by molar-refractivity contribution is 0.0958. The van der Waals surface area contributed by atoms with Crippen LogP contribution in [0.25, 0.3) is 10.2 Å². The molecule has 5 nitrogen and oxygen atoms in total. The first-order valence-electron chi connectivity index (χ1n) is 7.52. The first-order valence-corrected chi connectivity index (χ1v) is 9.13. The average molecular weight is 414 g/mol. The number of hydrogen-bond acceptors (Lipinski definition) is 5. The number of furan rings is 1. The largest absolute Gasteiger partial charge is 0.459 e. The second kappa shape index (κ2) is 6.78. The van der Waals surface area contributed by atoms with Gasteiger partial charge in [-0.1, -0.05) is 33.3 Å². The highest BCUT2D eigenvalue weighted by atomic mass is 79.9. The van der Waals surface area contributed by atoms with Crippen molar-refractivity contribution in [2.24, 2.45) is 0 Å². The van der Waals surface area contributed by atoms with Crippen LogP contribution in [0.3, 0.4) is 0 Å². The molecule has 0 unspecified atom stereocenters. The Morgan fingerprint density at radius 3 is 2.88 bits per heavy atom. The number of aromatic nitrogens is 2. The maximum Gasteiger partial charge on any atom is 0.296 e. The number of benzene rings is 1. The van der Waals surface area contributed by atoms with Crippen molar-refractivity contribution in [3.8, 4) is 0 Å². The fraction of sp³-hybridized carbons (Fsp3) is 0.0556. The van der Waals surface area contributed by atoms with E-state index in [0.29, 0.717) is 11.7 Å². The molecule has 0 radical (unpaired) electrons. The van der Waals surface area contributed by atoms with Crippen LogP contribution in [0.4, 0.5) is 5.13 Å². The Kier molecular flexibility index (Phi) is 4.33. The maximum absolute atomic E-state index is 12.9. The lowest BCUT2D eigenvalue weighted by atomic mass is 10.3. The molecule has 0 spiro atoms. The van der Waals surface area contributed by atoms with Crippen molar-refractivity contribution in [1.82, 2.24) is 9.97 Å². The number of halogens is 1. The van der Waals surface area contributed by atoms with Crippen molar-refractivity contribution in [2.45, 2.75) is 6.54 Å². The number of carbonyl (C=O) groups excluding carboxylic acids is 1. The highest BCUT2D eigenvalue weighted by molar-refractivity contribution is 9.10. The summed E-state index contributed by atoms with van der Waals surface area (Å²) in [5.41, 5.74) is 1.63. The van der Waals surface area contributed by atoms with Crippen LogP contribution >= 0.6 is 27.3 Å². The van der Waals surface area contributed by atoms with E-state index in [1.54, 1.807) is 23.2 Å². The molecule has 0 N–H and O–H groups in total. The SMILES string of the molecule is O=C(c1ccco1)N(Cc1ccccn1)c1nc2ccc(Br)cc2s1. The summed E-state index contributed by atoms with van der Waals surface area (Å²) in [6.45, 7) is 0.321. The number of hydrogen-bond donors (Lipinski definition) is 0. The van der Waals surface area contributed by atoms with Gasteiger partial charge in [-0.05, 0) is 42.5 Å². The van der Waals surface area contributed by atoms with Crippen molar-refractivity contribution in [3.05, 3.63) is 76.9 Å². The molecule has 3 heterocycles. The van der Waals surface area contributed by atoms with Gasteiger partial charge in [0.2, 0.25) is 0 Å². The average Bonchev–Trinajstić information content (AvgIpc) is 3.29. The summed E-state index contributed by atoms with van der Waals surface area (Å²) in [5.74, 6) is 0.0325. The third-order valence-electron chi connectivity index (χ3n) is 3.59. The number of amides is 1. The van der Waals surface area contributed by atoms with Gasteiger partial charge < -0.3 is 4.42 Å². The highest BCUT2D eigenvalue weighted by Gasteiger charge is 2.24. The van der Waals surface area contributed by atoms with Gasteiger partial charge in [-0.25, -0.2) is 4.98 Å².